The van der Waals surface area contributed by atoms with Crippen molar-refractivity contribution in [2.24, 2.45) is 0 Å². The van der Waals surface area contributed by atoms with Crippen LogP contribution in [-0.4, -0.2) is 23.5 Å². The maximum absolute atomic E-state index is 12.8. The number of halogens is 3. The highest BCUT2D eigenvalue weighted by molar-refractivity contribution is 7.12. The molecule has 1 aromatic heterocycles. The zero-order valence-electron chi connectivity index (χ0n) is 16.4. The Morgan fingerprint density at radius 2 is 1.87 bits per heavy atom. The Morgan fingerprint density at radius 3 is 2.47 bits per heavy atom. The van der Waals surface area contributed by atoms with E-state index in [1.54, 1.807) is 6.92 Å². The molecule has 1 aliphatic rings. The summed E-state index contributed by atoms with van der Waals surface area (Å²) in [6.45, 7) is 1.94. The van der Waals surface area contributed by atoms with Crippen molar-refractivity contribution in [1.29, 1.82) is 0 Å². The number of hydrogen-bond acceptors (Lipinski definition) is 4. The number of carbonyl (C=O) groups is 2. The molecule has 2 aromatic rings. The van der Waals surface area contributed by atoms with Crippen LogP contribution < -0.4 is 10.6 Å². The number of anilines is 1. The molecule has 3 rings (SSSR count). The van der Waals surface area contributed by atoms with Crippen LogP contribution in [0.3, 0.4) is 0 Å². The third-order valence-electron chi connectivity index (χ3n) is 5.36. The number of benzene rings is 1. The van der Waals surface area contributed by atoms with Gasteiger partial charge in [0, 0.05) is 27.4 Å². The predicted octanol–water partition coefficient (Wildman–Crippen LogP) is 4.39. The fourth-order valence-electron chi connectivity index (χ4n) is 3.72. The molecule has 0 spiro atoms. The molecule has 1 unspecified atom stereocenters. The van der Waals surface area contributed by atoms with Gasteiger partial charge in [0.1, 0.15) is 0 Å². The van der Waals surface area contributed by atoms with Crippen LogP contribution >= 0.6 is 11.3 Å². The van der Waals surface area contributed by atoms with Crippen molar-refractivity contribution < 1.29 is 27.9 Å². The van der Waals surface area contributed by atoms with Crippen molar-refractivity contribution in [2.45, 2.75) is 50.3 Å². The number of carbonyl (C=O) groups excluding carboxylic acids is 2. The number of nitrogens with one attached hydrogen (secondary N) is 2. The third-order valence-corrected chi connectivity index (χ3v) is 6.87. The Balaban J connectivity index is 1.65. The highest BCUT2D eigenvalue weighted by Crippen LogP contribution is 2.44. The largest absolute Gasteiger partial charge is 0.416 e. The summed E-state index contributed by atoms with van der Waals surface area (Å²) < 4.78 is 38.4. The molecule has 0 aliphatic heterocycles. The standard InChI is InChI=1S/C21H23F3N2O3S/c1-13(27)16-7-8-17(30-16)20(9-2-3-10-20)12-25-18(28)19(29)26-15-6-4-5-14(11-15)21(22,23)24/h4-8,11,13,27H,2-3,9-10,12H2,1H3,(H,25,28)(H,26,29). The van der Waals surface area contributed by atoms with Gasteiger partial charge in [-0.25, -0.2) is 0 Å². The van der Waals surface area contributed by atoms with E-state index in [1.807, 2.05) is 12.1 Å². The first-order valence-electron chi connectivity index (χ1n) is 9.65. The molecule has 162 valence electrons. The molecule has 1 saturated carbocycles. The molecule has 1 aliphatic carbocycles. The average Bonchev–Trinajstić information content (AvgIpc) is 3.36. The van der Waals surface area contributed by atoms with E-state index < -0.39 is 29.7 Å². The van der Waals surface area contributed by atoms with E-state index in [1.165, 1.54) is 23.5 Å². The first kappa shape index (κ1) is 22.3. The van der Waals surface area contributed by atoms with E-state index in [4.69, 9.17) is 0 Å². The van der Waals surface area contributed by atoms with Gasteiger partial charge in [-0.1, -0.05) is 18.9 Å². The van der Waals surface area contributed by atoms with Crippen LogP contribution in [-0.2, 0) is 21.2 Å². The van der Waals surface area contributed by atoms with Crippen LogP contribution in [0.15, 0.2) is 36.4 Å². The van der Waals surface area contributed by atoms with E-state index >= 15 is 0 Å². The maximum Gasteiger partial charge on any atom is 0.416 e. The van der Waals surface area contributed by atoms with Gasteiger partial charge in [-0.05, 0) is 50.1 Å². The lowest BCUT2D eigenvalue weighted by Crippen LogP contribution is -2.43. The smallest absolute Gasteiger partial charge is 0.388 e. The first-order chi connectivity index (χ1) is 14.1. The Bertz CT molecular complexity index is 918. The average molecular weight is 440 g/mol. The molecule has 1 fully saturated rings. The molecule has 3 N–H and O–H groups in total. The maximum atomic E-state index is 12.8. The molecule has 1 atom stereocenters. The SMILES string of the molecule is CC(O)c1ccc(C2(CNC(=O)C(=O)Nc3cccc(C(F)(F)F)c3)CCCC2)s1. The lowest BCUT2D eigenvalue weighted by molar-refractivity contribution is -0.137. The lowest BCUT2D eigenvalue weighted by Gasteiger charge is -2.28. The molecule has 2 amide bonds. The van der Waals surface area contributed by atoms with E-state index in [9.17, 15) is 27.9 Å². The van der Waals surface area contributed by atoms with E-state index in [-0.39, 0.29) is 17.6 Å². The molecule has 5 nitrogen and oxygen atoms in total. The van der Waals surface area contributed by atoms with Gasteiger partial charge in [-0.2, -0.15) is 13.2 Å². The molecule has 30 heavy (non-hydrogen) atoms. The van der Waals surface area contributed by atoms with E-state index in [0.717, 1.165) is 47.6 Å². The van der Waals surface area contributed by atoms with Gasteiger partial charge in [0.15, 0.2) is 0 Å². The predicted molar refractivity (Wildman–Crippen MR) is 108 cm³/mol. The van der Waals surface area contributed by atoms with Crippen molar-refractivity contribution in [3.63, 3.8) is 0 Å². The second kappa shape index (κ2) is 8.77. The highest BCUT2D eigenvalue weighted by Gasteiger charge is 2.38. The molecular formula is C21H23F3N2O3S. The summed E-state index contributed by atoms with van der Waals surface area (Å²) in [5, 5.41) is 14.6. The minimum Gasteiger partial charge on any atom is -0.388 e. The van der Waals surface area contributed by atoms with Crippen LogP contribution in [0.1, 0.15) is 54.0 Å². The molecule has 0 bridgehead atoms. The van der Waals surface area contributed by atoms with Crippen LogP contribution in [0, 0.1) is 0 Å². The molecule has 1 aromatic carbocycles. The fraction of sp³-hybridized carbons (Fsp3) is 0.429. The Hall–Kier alpha value is -2.39. The van der Waals surface area contributed by atoms with Crippen LogP contribution in [0.4, 0.5) is 18.9 Å². The second-order valence-electron chi connectivity index (χ2n) is 7.58. The number of rotatable bonds is 5. The normalized spacial score (nSPS) is 16.8. The summed E-state index contributed by atoms with van der Waals surface area (Å²) >= 11 is 1.50. The van der Waals surface area contributed by atoms with Crippen molar-refractivity contribution in [1.82, 2.24) is 5.32 Å². The van der Waals surface area contributed by atoms with Crippen LogP contribution in [0.2, 0.25) is 0 Å². The molecule has 1 heterocycles. The van der Waals surface area contributed by atoms with E-state index in [2.05, 4.69) is 10.6 Å². The minimum absolute atomic E-state index is 0.0969. The van der Waals surface area contributed by atoms with E-state index in [0.29, 0.717) is 0 Å². The summed E-state index contributed by atoms with van der Waals surface area (Å²) in [4.78, 5) is 26.4. The Labute approximate surface area is 176 Å². The summed E-state index contributed by atoms with van der Waals surface area (Å²) in [6, 6.07) is 7.96. The van der Waals surface area contributed by atoms with Gasteiger partial charge in [0.2, 0.25) is 0 Å². The van der Waals surface area contributed by atoms with Crippen LogP contribution in [0.5, 0.6) is 0 Å². The zero-order chi connectivity index (χ0) is 21.9. The van der Waals surface area contributed by atoms with Gasteiger partial charge in [0.25, 0.3) is 0 Å². The number of amides is 2. The minimum atomic E-state index is -4.54. The van der Waals surface area contributed by atoms with Gasteiger partial charge < -0.3 is 15.7 Å². The van der Waals surface area contributed by atoms with Gasteiger partial charge >= 0.3 is 18.0 Å². The summed E-state index contributed by atoms with van der Waals surface area (Å²) in [5.41, 5.74) is -1.30. The van der Waals surface area contributed by atoms with Crippen molar-refractivity contribution >= 4 is 28.8 Å². The van der Waals surface area contributed by atoms with Crippen molar-refractivity contribution in [2.75, 3.05) is 11.9 Å². The number of thiophene rings is 1. The zero-order valence-corrected chi connectivity index (χ0v) is 17.2. The first-order valence-corrected chi connectivity index (χ1v) is 10.5. The second-order valence-corrected chi connectivity index (χ2v) is 8.70. The Morgan fingerprint density at radius 1 is 1.17 bits per heavy atom. The summed E-state index contributed by atoms with van der Waals surface area (Å²) in [7, 11) is 0. The van der Waals surface area contributed by atoms with Gasteiger partial charge in [-0.15, -0.1) is 11.3 Å². The van der Waals surface area contributed by atoms with Crippen LogP contribution in [0.25, 0.3) is 0 Å². The molecule has 0 radical (unpaired) electrons. The van der Waals surface area contributed by atoms with Crippen molar-refractivity contribution in [3.05, 3.63) is 51.7 Å². The number of alkyl halides is 3. The monoisotopic (exact) mass is 440 g/mol. The number of aliphatic hydroxyl groups excluding tert-OH is 1. The molecule has 9 heteroatoms. The van der Waals surface area contributed by atoms with Gasteiger partial charge in [-0.3, -0.25) is 9.59 Å². The highest BCUT2D eigenvalue weighted by atomic mass is 32.1. The number of hydrogen-bond donors (Lipinski definition) is 3. The molecule has 0 saturated heterocycles. The fourth-order valence-corrected chi connectivity index (χ4v) is 4.90. The third kappa shape index (κ3) is 5.02. The Kier molecular flexibility index (Phi) is 6.52. The molecular weight excluding hydrogens is 417 g/mol. The summed E-state index contributed by atoms with van der Waals surface area (Å²) in [5.74, 6) is -1.91. The quantitative estimate of drug-likeness (QED) is 0.604. The lowest BCUT2D eigenvalue weighted by atomic mass is 9.84. The topological polar surface area (TPSA) is 78.4 Å². The number of aliphatic hydroxyl groups is 1. The van der Waals surface area contributed by atoms with Crippen molar-refractivity contribution in [3.8, 4) is 0 Å². The summed E-state index contributed by atoms with van der Waals surface area (Å²) in [6.07, 6.45) is -1.42. The van der Waals surface area contributed by atoms with Gasteiger partial charge in [0.05, 0.1) is 11.7 Å².